The maximum atomic E-state index is 5.54. The van der Waals surface area contributed by atoms with Gasteiger partial charge in [0.15, 0.2) is 0 Å². The zero-order chi connectivity index (χ0) is 8.55. The Hall–Kier alpha value is -0.450. The number of nitrogens with two attached hydrogens (primary N) is 1. The Morgan fingerprint density at radius 3 is 3.08 bits per heavy atom. The molecule has 0 fully saturated rings. The molecule has 0 saturated heterocycles. The lowest BCUT2D eigenvalue weighted by Gasteiger charge is -1.98. The van der Waals surface area contributed by atoms with E-state index in [0.717, 1.165) is 15.4 Å². The zero-order valence-electron chi connectivity index (χ0n) is 6.25. The molecule has 2 nitrogen and oxygen atoms in total. The first kappa shape index (κ1) is 8.16. The van der Waals surface area contributed by atoms with Gasteiger partial charge in [0.05, 0.1) is 4.70 Å². The second-order valence-electron chi connectivity index (χ2n) is 2.53. The highest BCUT2D eigenvalue weighted by Gasteiger charge is 2.02. The van der Waals surface area contributed by atoms with E-state index in [-0.39, 0.29) is 0 Å². The van der Waals surface area contributed by atoms with Gasteiger partial charge in [0.2, 0.25) is 0 Å². The minimum absolute atomic E-state index is 0.574. The summed E-state index contributed by atoms with van der Waals surface area (Å²) in [6, 6.07) is 4.12. The van der Waals surface area contributed by atoms with Gasteiger partial charge in [-0.3, -0.25) is 0 Å². The van der Waals surface area contributed by atoms with E-state index in [4.69, 9.17) is 5.73 Å². The van der Waals surface area contributed by atoms with E-state index < -0.39 is 0 Å². The Morgan fingerprint density at radius 1 is 1.50 bits per heavy atom. The third-order valence-electron chi connectivity index (χ3n) is 1.70. The normalized spacial score (nSPS) is 10.8. The number of rotatable bonds is 1. The van der Waals surface area contributed by atoms with Crippen LogP contribution < -0.4 is 5.73 Å². The first-order chi connectivity index (χ1) is 5.81. The van der Waals surface area contributed by atoms with Crippen molar-refractivity contribution < 1.29 is 0 Å². The van der Waals surface area contributed by atoms with E-state index >= 15 is 0 Å². The lowest BCUT2D eigenvalue weighted by molar-refractivity contribution is 1.07. The molecule has 0 spiro atoms. The van der Waals surface area contributed by atoms with Crippen molar-refractivity contribution in [1.29, 1.82) is 0 Å². The first-order valence-electron chi connectivity index (χ1n) is 3.54. The molecule has 4 heteroatoms. The molecule has 1 heterocycles. The molecule has 0 aliphatic carbocycles. The lowest BCUT2D eigenvalue weighted by atomic mass is 10.2. The van der Waals surface area contributed by atoms with Crippen molar-refractivity contribution >= 4 is 37.5 Å². The second-order valence-corrected chi connectivity index (χ2v) is 4.18. The van der Waals surface area contributed by atoms with Crippen LogP contribution in [0.25, 0.3) is 10.1 Å². The molecule has 0 amide bonds. The van der Waals surface area contributed by atoms with Crippen LogP contribution in [0, 0.1) is 0 Å². The van der Waals surface area contributed by atoms with Gasteiger partial charge in [-0.2, -0.15) is 4.37 Å². The van der Waals surface area contributed by atoms with Crippen molar-refractivity contribution in [2.75, 3.05) is 0 Å². The van der Waals surface area contributed by atoms with Gasteiger partial charge in [0.1, 0.15) is 0 Å². The van der Waals surface area contributed by atoms with Crippen molar-refractivity contribution in [3.05, 3.63) is 28.4 Å². The number of benzene rings is 1. The Bertz CT molecular complexity index is 410. The lowest BCUT2D eigenvalue weighted by Crippen LogP contribution is -1.95. The number of fused-ring (bicyclic) bond motifs is 1. The molecule has 0 bridgehead atoms. The molecule has 0 aliphatic heterocycles. The average molecular weight is 243 g/mol. The molecule has 2 N–H and O–H groups in total. The Kier molecular flexibility index (Phi) is 2.12. The highest BCUT2D eigenvalue weighted by atomic mass is 79.9. The molecule has 0 unspecified atom stereocenters. The van der Waals surface area contributed by atoms with Crippen LogP contribution >= 0.6 is 27.5 Å². The summed E-state index contributed by atoms with van der Waals surface area (Å²) < 4.78 is 6.38. The Balaban J connectivity index is 2.75. The highest BCUT2D eigenvalue weighted by Crippen LogP contribution is 2.28. The summed E-state index contributed by atoms with van der Waals surface area (Å²) in [5.74, 6) is 0. The fraction of sp³-hybridized carbons (Fsp3) is 0.125. The van der Waals surface area contributed by atoms with Crippen LogP contribution in [0.3, 0.4) is 0 Å². The molecule has 12 heavy (non-hydrogen) atoms. The molecular weight excluding hydrogens is 236 g/mol. The SMILES string of the molecule is NCc1cc(Br)c2sncc2c1. The van der Waals surface area contributed by atoms with E-state index in [0.29, 0.717) is 6.54 Å². The van der Waals surface area contributed by atoms with Crippen molar-refractivity contribution in [1.82, 2.24) is 4.37 Å². The summed E-state index contributed by atoms with van der Waals surface area (Å²) in [6.07, 6.45) is 1.86. The van der Waals surface area contributed by atoms with Crippen LogP contribution in [0.4, 0.5) is 0 Å². The van der Waals surface area contributed by atoms with Gasteiger partial charge < -0.3 is 5.73 Å². The van der Waals surface area contributed by atoms with Gasteiger partial charge >= 0.3 is 0 Å². The summed E-state index contributed by atoms with van der Waals surface area (Å²) in [5.41, 5.74) is 6.67. The van der Waals surface area contributed by atoms with Gasteiger partial charge in [-0.25, -0.2) is 0 Å². The Labute approximate surface area is 82.7 Å². The summed E-state index contributed by atoms with van der Waals surface area (Å²) >= 11 is 4.98. The molecule has 0 radical (unpaired) electrons. The van der Waals surface area contributed by atoms with Gasteiger partial charge in [-0.15, -0.1) is 0 Å². The van der Waals surface area contributed by atoms with E-state index in [1.807, 2.05) is 12.3 Å². The van der Waals surface area contributed by atoms with Gasteiger partial charge in [-0.1, -0.05) is 0 Å². The van der Waals surface area contributed by atoms with Crippen molar-refractivity contribution in [2.45, 2.75) is 6.54 Å². The van der Waals surface area contributed by atoms with Crippen LogP contribution in [0.15, 0.2) is 22.8 Å². The maximum absolute atomic E-state index is 5.54. The number of aromatic nitrogens is 1. The quantitative estimate of drug-likeness (QED) is 0.835. The molecule has 0 atom stereocenters. The van der Waals surface area contributed by atoms with Crippen LogP contribution in [0.1, 0.15) is 5.56 Å². The third kappa shape index (κ3) is 1.26. The maximum Gasteiger partial charge on any atom is 0.0692 e. The third-order valence-corrected chi connectivity index (χ3v) is 3.44. The van der Waals surface area contributed by atoms with E-state index in [1.54, 1.807) is 0 Å². The van der Waals surface area contributed by atoms with Crippen LogP contribution in [-0.2, 0) is 6.54 Å². The van der Waals surface area contributed by atoms with Crippen LogP contribution in [0.2, 0.25) is 0 Å². The zero-order valence-corrected chi connectivity index (χ0v) is 8.65. The van der Waals surface area contributed by atoms with Gasteiger partial charge in [0, 0.05) is 22.6 Å². The molecule has 0 aliphatic rings. The minimum atomic E-state index is 0.574. The van der Waals surface area contributed by atoms with Gasteiger partial charge in [0.25, 0.3) is 0 Å². The summed E-state index contributed by atoms with van der Waals surface area (Å²) in [4.78, 5) is 0. The summed E-state index contributed by atoms with van der Waals surface area (Å²) in [7, 11) is 0. The second kappa shape index (κ2) is 3.12. The summed E-state index contributed by atoms with van der Waals surface area (Å²) in [6.45, 7) is 0.574. The number of halogens is 1. The van der Waals surface area contributed by atoms with Crippen LogP contribution in [0.5, 0.6) is 0 Å². The number of hydrogen-bond acceptors (Lipinski definition) is 3. The smallest absolute Gasteiger partial charge is 0.0692 e. The van der Waals surface area contributed by atoms with Crippen molar-refractivity contribution in [3.63, 3.8) is 0 Å². The molecule has 2 aromatic rings. The standard InChI is InChI=1S/C8H7BrN2S/c9-7-2-5(3-10)1-6-4-11-12-8(6)7/h1-2,4H,3,10H2. The van der Waals surface area contributed by atoms with Crippen molar-refractivity contribution in [2.24, 2.45) is 5.73 Å². The molecule has 62 valence electrons. The average Bonchev–Trinajstić information content (AvgIpc) is 2.52. The van der Waals surface area contributed by atoms with E-state index in [2.05, 4.69) is 26.4 Å². The first-order valence-corrected chi connectivity index (χ1v) is 5.11. The molecule has 2 rings (SSSR count). The van der Waals surface area contributed by atoms with Gasteiger partial charge in [-0.05, 0) is 45.2 Å². The fourth-order valence-electron chi connectivity index (χ4n) is 1.12. The monoisotopic (exact) mass is 242 g/mol. The topological polar surface area (TPSA) is 38.9 Å². The largest absolute Gasteiger partial charge is 0.326 e. The molecule has 0 saturated carbocycles. The van der Waals surface area contributed by atoms with E-state index in [9.17, 15) is 0 Å². The summed E-state index contributed by atoms with van der Waals surface area (Å²) in [5, 5.41) is 1.16. The van der Waals surface area contributed by atoms with E-state index in [1.165, 1.54) is 16.2 Å². The Morgan fingerprint density at radius 2 is 2.33 bits per heavy atom. The van der Waals surface area contributed by atoms with Crippen molar-refractivity contribution in [3.8, 4) is 0 Å². The van der Waals surface area contributed by atoms with Crippen LogP contribution in [-0.4, -0.2) is 4.37 Å². The molecule has 1 aromatic heterocycles. The fourth-order valence-corrected chi connectivity index (χ4v) is 2.49. The molecular formula is C8H7BrN2S. The molecule has 1 aromatic carbocycles. The number of hydrogen-bond donors (Lipinski definition) is 1. The predicted molar refractivity (Wildman–Crippen MR) is 55.2 cm³/mol. The highest BCUT2D eigenvalue weighted by molar-refractivity contribution is 9.10. The predicted octanol–water partition coefficient (Wildman–Crippen LogP) is 2.52. The minimum Gasteiger partial charge on any atom is -0.326 e. The number of nitrogens with zero attached hydrogens (tertiary/aromatic N) is 1.